The third kappa shape index (κ3) is 8.61. The SMILES string of the molecule is COc1ccc(CN2CCC[C@](O)(COc3ccc(C)cc3C)CC2)cc1OCCCN1CCCCCC1=O. The molecule has 2 aliphatic heterocycles. The number of likely N-dealkylation sites (tertiary alicyclic amines) is 2. The van der Waals surface area contributed by atoms with Crippen molar-refractivity contribution in [1.82, 2.24) is 9.80 Å². The van der Waals surface area contributed by atoms with Crippen LogP contribution in [0, 0.1) is 13.8 Å². The number of ether oxygens (including phenoxy) is 3. The lowest BCUT2D eigenvalue weighted by molar-refractivity contribution is -0.130. The number of nitrogens with zero attached hydrogens (tertiary/aromatic N) is 2. The van der Waals surface area contributed by atoms with Gasteiger partial charge in [0.2, 0.25) is 5.91 Å². The molecule has 2 fully saturated rings. The second-order valence-corrected chi connectivity index (χ2v) is 11.3. The zero-order chi connectivity index (χ0) is 27.7. The highest BCUT2D eigenvalue weighted by Gasteiger charge is 2.31. The lowest BCUT2D eigenvalue weighted by Gasteiger charge is -2.27. The molecule has 1 N–H and O–H groups in total. The quantitative estimate of drug-likeness (QED) is 0.393. The predicted molar refractivity (Wildman–Crippen MR) is 154 cm³/mol. The normalized spacial score (nSPS) is 20.8. The number of aliphatic hydroxyl groups is 1. The van der Waals surface area contributed by atoms with E-state index in [2.05, 4.69) is 30.0 Å². The standard InChI is InChI=1S/C32H46N2O5/c1-25-10-12-28(26(2)21-25)39-24-32(36)14-7-16-33(19-15-32)23-27-11-13-29(37-3)30(22-27)38-20-8-18-34-17-6-4-5-9-31(34)35/h10-13,21-22,36H,4-9,14-20,23-24H2,1-3H3/t32-/m1/s1. The molecule has 0 radical (unpaired) electrons. The van der Waals surface area contributed by atoms with E-state index in [4.69, 9.17) is 14.2 Å². The van der Waals surface area contributed by atoms with E-state index in [9.17, 15) is 9.90 Å². The van der Waals surface area contributed by atoms with Crippen molar-refractivity contribution in [3.05, 3.63) is 53.1 Å². The molecule has 1 amide bonds. The summed E-state index contributed by atoms with van der Waals surface area (Å²) < 4.78 is 17.7. The highest BCUT2D eigenvalue weighted by Crippen LogP contribution is 2.30. The Hall–Kier alpha value is -2.77. The van der Waals surface area contributed by atoms with E-state index in [-0.39, 0.29) is 5.91 Å². The first-order chi connectivity index (χ1) is 18.8. The van der Waals surface area contributed by atoms with Crippen LogP contribution in [0.15, 0.2) is 36.4 Å². The molecule has 0 aliphatic carbocycles. The fourth-order valence-electron chi connectivity index (χ4n) is 5.61. The van der Waals surface area contributed by atoms with E-state index >= 15 is 0 Å². The maximum atomic E-state index is 12.2. The molecular weight excluding hydrogens is 492 g/mol. The Bertz CT molecular complexity index is 1090. The molecular formula is C32H46N2O5. The number of methoxy groups -OCH3 is 1. The average molecular weight is 539 g/mol. The Kier molecular flexibility index (Phi) is 10.5. The molecule has 2 aliphatic rings. The van der Waals surface area contributed by atoms with Crippen molar-refractivity contribution in [3.8, 4) is 17.2 Å². The topological polar surface area (TPSA) is 71.5 Å². The lowest BCUT2D eigenvalue weighted by atomic mass is 9.96. The molecule has 7 heteroatoms. The monoisotopic (exact) mass is 538 g/mol. The highest BCUT2D eigenvalue weighted by molar-refractivity contribution is 5.76. The summed E-state index contributed by atoms with van der Waals surface area (Å²) in [7, 11) is 1.66. The van der Waals surface area contributed by atoms with Crippen LogP contribution >= 0.6 is 0 Å². The molecule has 2 heterocycles. The van der Waals surface area contributed by atoms with Gasteiger partial charge in [0.15, 0.2) is 11.5 Å². The number of hydrogen-bond donors (Lipinski definition) is 1. The Balaban J connectivity index is 1.27. The van der Waals surface area contributed by atoms with Crippen molar-refractivity contribution < 1.29 is 24.1 Å². The maximum Gasteiger partial charge on any atom is 0.222 e. The number of aryl methyl sites for hydroxylation is 2. The van der Waals surface area contributed by atoms with Gasteiger partial charge in [0.1, 0.15) is 12.4 Å². The van der Waals surface area contributed by atoms with Crippen molar-refractivity contribution in [1.29, 1.82) is 0 Å². The van der Waals surface area contributed by atoms with E-state index < -0.39 is 5.60 Å². The summed E-state index contributed by atoms with van der Waals surface area (Å²) in [6, 6.07) is 12.3. The summed E-state index contributed by atoms with van der Waals surface area (Å²) in [5, 5.41) is 11.3. The van der Waals surface area contributed by atoms with Gasteiger partial charge in [-0.15, -0.1) is 0 Å². The van der Waals surface area contributed by atoms with Gasteiger partial charge in [-0.05, 0) is 88.2 Å². The van der Waals surface area contributed by atoms with Gasteiger partial charge in [-0.2, -0.15) is 0 Å². The number of rotatable bonds is 11. The minimum atomic E-state index is -0.824. The van der Waals surface area contributed by atoms with Crippen LogP contribution in [-0.4, -0.2) is 72.9 Å². The molecule has 0 unspecified atom stereocenters. The summed E-state index contributed by atoms with van der Waals surface area (Å²) in [4.78, 5) is 16.6. The van der Waals surface area contributed by atoms with Crippen molar-refractivity contribution in [3.63, 3.8) is 0 Å². The first kappa shape index (κ1) is 29.2. The van der Waals surface area contributed by atoms with E-state index in [0.29, 0.717) is 26.1 Å². The van der Waals surface area contributed by atoms with Crippen LogP contribution in [0.25, 0.3) is 0 Å². The van der Waals surface area contributed by atoms with Crippen LogP contribution in [0.1, 0.15) is 68.1 Å². The van der Waals surface area contributed by atoms with E-state index in [1.807, 2.05) is 30.0 Å². The molecule has 2 aromatic carbocycles. The third-order valence-corrected chi connectivity index (χ3v) is 7.97. The smallest absolute Gasteiger partial charge is 0.222 e. The molecule has 39 heavy (non-hydrogen) atoms. The highest BCUT2D eigenvalue weighted by atomic mass is 16.5. The second kappa shape index (κ2) is 14.0. The molecule has 7 nitrogen and oxygen atoms in total. The van der Waals surface area contributed by atoms with Crippen LogP contribution in [-0.2, 0) is 11.3 Å². The maximum absolute atomic E-state index is 12.2. The largest absolute Gasteiger partial charge is 0.493 e. The number of amides is 1. The average Bonchev–Trinajstić information content (AvgIpc) is 3.24. The van der Waals surface area contributed by atoms with Gasteiger partial charge in [0.05, 0.1) is 19.3 Å². The van der Waals surface area contributed by atoms with Crippen LogP contribution in [0.4, 0.5) is 0 Å². The van der Waals surface area contributed by atoms with E-state index in [0.717, 1.165) is 99.6 Å². The van der Waals surface area contributed by atoms with Gasteiger partial charge in [0.25, 0.3) is 0 Å². The van der Waals surface area contributed by atoms with Gasteiger partial charge >= 0.3 is 0 Å². The van der Waals surface area contributed by atoms with Gasteiger partial charge in [-0.25, -0.2) is 0 Å². The Labute approximate surface area is 234 Å². The first-order valence-corrected chi connectivity index (χ1v) is 14.6. The van der Waals surface area contributed by atoms with Crippen molar-refractivity contribution >= 4 is 5.91 Å². The van der Waals surface area contributed by atoms with Gasteiger partial charge in [-0.3, -0.25) is 9.69 Å². The minimum absolute atomic E-state index is 0.272. The van der Waals surface area contributed by atoms with Crippen molar-refractivity contribution in [2.45, 2.75) is 77.4 Å². The summed E-state index contributed by atoms with van der Waals surface area (Å²) in [6.07, 6.45) is 7.03. The predicted octanol–water partition coefficient (Wildman–Crippen LogP) is 5.28. The van der Waals surface area contributed by atoms with Gasteiger partial charge < -0.3 is 24.2 Å². The van der Waals surface area contributed by atoms with E-state index in [1.54, 1.807) is 7.11 Å². The number of carbonyl (C=O) groups is 1. The summed E-state index contributed by atoms with van der Waals surface area (Å²) >= 11 is 0. The molecule has 4 rings (SSSR count). The van der Waals surface area contributed by atoms with Gasteiger partial charge in [0, 0.05) is 32.6 Å². The zero-order valence-corrected chi connectivity index (χ0v) is 24.0. The molecule has 0 spiro atoms. The number of benzene rings is 2. The third-order valence-electron chi connectivity index (χ3n) is 7.97. The summed E-state index contributed by atoms with van der Waals surface area (Å²) in [5.41, 5.74) is 2.64. The Morgan fingerprint density at radius 3 is 2.56 bits per heavy atom. The second-order valence-electron chi connectivity index (χ2n) is 11.3. The first-order valence-electron chi connectivity index (χ1n) is 14.6. The fourth-order valence-corrected chi connectivity index (χ4v) is 5.61. The van der Waals surface area contributed by atoms with Crippen LogP contribution in [0.5, 0.6) is 17.2 Å². The Morgan fingerprint density at radius 2 is 1.74 bits per heavy atom. The molecule has 1 atom stereocenters. The van der Waals surface area contributed by atoms with Crippen LogP contribution < -0.4 is 14.2 Å². The minimum Gasteiger partial charge on any atom is -0.493 e. The molecule has 2 aromatic rings. The molecule has 214 valence electrons. The summed E-state index contributed by atoms with van der Waals surface area (Å²) in [6.45, 7) is 9.10. The lowest BCUT2D eigenvalue weighted by Crippen LogP contribution is -2.37. The zero-order valence-electron chi connectivity index (χ0n) is 24.0. The number of carbonyl (C=O) groups excluding carboxylic acids is 1. The molecule has 0 bridgehead atoms. The van der Waals surface area contributed by atoms with E-state index in [1.165, 1.54) is 5.56 Å². The molecule has 2 saturated heterocycles. The molecule has 0 aromatic heterocycles. The number of hydrogen-bond acceptors (Lipinski definition) is 6. The Morgan fingerprint density at radius 1 is 0.897 bits per heavy atom. The fraction of sp³-hybridized carbons (Fsp3) is 0.594. The van der Waals surface area contributed by atoms with Crippen molar-refractivity contribution in [2.24, 2.45) is 0 Å². The van der Waals surface area contributed by atoms with Crippen LogP contribution in [0.3, 0.4) is 0 Å². The van der Waals surface area contributed by atoms with Crippen LogP contribution in [0.2, 0.25) is 0 Å². The van der Waals surface area contributed by atoms with Crippen molar-refractivity contribution in [2.75, 3.05) is 46.5 Å². The molecule has 0 saturated carbocycles. The van der Waals surface area contributed by atoms with Gasteiger partial charge in [-0.1, -0.05) is 30.2 Å². The summed E-state index contributed by atoms with van der Waals surface area (Å²) in [5.74, 6) is 2.58.